The molecule has 0 spiro atoms. The quantitative estimate of drug-likeness (QED) is 0.644. The van der Waals surface area contributed by atoms with Crippen molar-refractivity contribution >= 4 is 0 Å². The minimum atomic E-state index is 0.361. The molecule has 2 N–H and O–H groups in total. The number of piperidine rings is 1. The average Bonchev–Trinajstić information content (AvgIpc) is 2.15. The Hall–Kier alpha value is -0.520. The number of hydrogen-bond donors (Lipinski definition) is 1. The molecule has 1 rings (SSSR count). The van der Waals surface area contributed by atoms with Gasteiger partial charge in [0.25, 0.3) is 0 Å². The Morgan fingerprint density at radius 3 is 2.54 bits per heavy atom. The topological polar surface area (TPSA) is 29.3 Å². The van der Waals surface area contributed by atoms with Crippen molar-refractivity contribution in [3.05, 3.63) is 0 Å². The third-order valence-electron chi connectivity index (χ3n) is 2.86. The Morgan fingerprint density at radius 1 is 1.46 bits per heavy atom. The van der Waals surface area contributed by atoms with Crippen molar-refractivity contribution < 1.29 is 0 Å². The lowest BCUT2D eigenvalue weighted by atomic mass is 9.91. The van der Waals surface area contributed by atoms with E-state index in [0.717, 1.165) is 12.5 Å². The Kier molecular flexibility index (Phi) is 4.27. The lowest BCUT2D eigenvalue weighted by molar-refractivity contribution is 0.189. The van der Waals surface area contributed by atoms with Crippen LogP contribution in [0.15, 0.2) is 0 Å². The minimum Gasteiger partial charge on any atom is -0.328 e. The molecule has 1 aliphatic rings. The van der Waals surface area contributed by atoms with Gasteiger partial charge in [-0.3, -0.25) is 4.90 Å². The Bertz CT molecular complexity index is 192. The third-order valence-corrected chi connectivity index (χ3v) is 2.86. The van der Waals surface area contributed by atoms with E-state index in [1.165, 1.54) is 25.9 Å². The zero-order valence-corrected chi connectivity index (χ0v) is 8.71. The summed E-state index contributed by atoms with van der Waals surface area (Å²) in [5, 5.41) is 0. The van der Waals surface area contributed by atoms with Crippen LogP contribution in [0.3, 0.4) is 0 Å². The van der Waals surface area contributed by atoms with E-state index >= 15 is 0 Å². The highest BCUT2D eigenvalue weighted by Gasteiger charge is 2.20. The molecule has 0 aliphatic carbocycles. The first-order valence-corrected chi connectivity index (χ1v) is 5.11. The predicted molar refractivity (Wildman–Crippen MR) is 56.3 cm³/mol. The Morgan fingerprint density at radius 2 is 2.08 bits per heavy atom. The highest BCUT2D eigenvalue weighted by atomic mass is 15.1. The van der Waals surface area contributed by atoms with E-state index in [0.29, 0.717) is 6.04 Å². The molecule has 1 fully saturated rings. The van der Waals surface area contributed by atoms with Crippen molar-refractivity contribution in [3.8, 4) is 11.8 Å². The molecule has 0 saturated carbocycles. The van der Waals surface area contributed by atoms with Crippen molar-refractivity contribution in [2.75, 3.05) is 19.6 Å². The molecular weight excluding hydrogens is 160 g/mol. The van der Waals surface area contributed by atoms with E-state index in [2.05, 4.69) is 23.7 Å². The number of nitrogens with zero attached hydrogens (tertiary/aromatic N) is 1. The zero-order valence-electron chi connectivity index (χ0n) is 8.71. The Balaban J connectivity index is 2.25. The lowest BCUT2D eigenvalue weighted by Crippen LogP contribution is -2.39. The van der Waals surface area contributed by atoms with Crippen molar-refractivity contribution in [2.24, 2.45) is 11.7 Å². The Labute approximate surface area is 81.5 Å². The van der Waals surface area contributed by atoms with Crippen LogP contribution in [0, 0.1) is 17.8 Å². The van der Waals surface area contributed by atoms with Gasteiger partial charge in [0, 0.05) is 6.04 Å². The van der Waals surface area contributed by atoms with Crippen molar-refractivity contribution in [1.29, 1.82) is 0 Å². The number of rotatable bonds is 2. The van der Waals surface area contributed by atoms with E-state index in [4.69, 9.17) is 5.73 Å². The maximum Gasteiger partial charge on any atom is 0.0601 e. The molecule has 1 heterocycles. The molecule has 74 valence electrons. The molecule has 2 nitrogen and oxygen atoms in total. The summed E-state index contributed by atoms with van der Waals surface area (Å²) >= 11 is 0. The average molecular weight is 180 g/mol. The molecule has 0 aromatic heterocycles. The fourth-order valence-corrected chi connectivity index (χ4v) is 1.83. The normalized spacial score (nSPS) is 22.1. The summed E-state index contributed by atoms with van der Waals surface area (Å²) in [5.41, 5.74) is 5.87. The van der Waals surface area contributed by atoms with Gasteiger partial charge >= 0.3 is 0 Å². The van der Waals surface area contributed by atoms with Gasteiger partial charge in [0.2, 0.25) is 0 Å². The van der Waals surface area contributed by atoms with Crippen LogP contribution < -0.4 is 5.73 Å². The van der Waals surface area contributed by atoms with Crippen LogP contribution >= 0.6 is 0 Å². The summed E-state index contributed by atoms with van der Waals surface area (Å²) in [5.74, 6) is 6.77. The van der Waals surface area contributed by atoms with Crippen molar-refractivity contribution in [3.63, 3.8) is 0 Å². The van der Waals surface area contributed by atoms with E-state index in [9.17, 15) is 0 Å². The molecule has 1 unspecified atom stereocenters. The first-order chi connectivity index (χ1) is 6.24. The van der Waals surface area contributed by atoms with Gasteiger partial charge in [-0.2, -0.15) is 0 Å². The van der Waals surface area contributed by atoms with E-state index in [-0.39, 0.29) is 0 Å². The second kappa shape index (κ2) is 5.26. The minimum absolute atomic E-state index is 0.361. The van der Waals surface area contributed by atoms with Gasteiger partial charge in [-0.05, 0) is 45.7 Å². The van der Waals surface area contributed by atoms with Crippen LogP contribution in [0.2, 0.25) is 0 Å². The molecule has 0 radical (unpaired) electrons. The summed E-state index contributed by atoms with van der Waals surface area (Å²) in [6.07, 6.45) is 2.48. The summed E-state index contributed by atoms with van der Waals surface area (Å²) in [7, 11) is 0. The number of likely N-dealkylation sites (tertiary alicyclic amines) is 1. The monoisotopic (exact) mass is 180 g/mol. The van der Waals surface area contributed by atoms with Crippen LogP contribution in [0.5, 0.6) is 0 Å². The molecule has 2 heteroatoms. The van der Waals surface area contributed by atoms with Crippen LogP contribution in [-0.2, 0) is 0 Å². The van der Waals surface area contributed by atoms with Gasteiger partial charge in [-0.15, -0.1) is 5.92 Å². The van der Waals surface area contributed by atoms with Crippen molar-refractivity contribution in [2.45, 2.75) is 32.7 Å². The molecule has 0 amide bonds. The summed E-state index contributed by atoms with van der Waals surface area (Å²) in [4.78, 5) is 2.41. The summed E-state index contributed by atoms with van der Waals surface area (Å²) in [6.45, 7) is 7.28. The van der Waals surface area contributed by atoms with Crippen LogP contribution in [0.4, 0.5) is 0 Å². The van der Waals surface area contributed by atoms with Gasteiger partial charge in [-0.1, -0.05) is 5.92 Å². The smallest absolute Gasteiger partial charge is 0.0601 e. The van der Waals surface area contributed by atoms with Crippen molar-refractivity contribution in [1.82, 2.24) is 4.90 Å². The van der Waals surface area contributed by atoms with Gasteiger partial charge in [-0.25, -0.2) is 0 Å². The number of hydrogen-bond acceptors (Lipinski definition) is 2. The maximum atomic E-state index is 5.87. The largest absolute Gasteiger partial charge is 0.328 e. The highest BCUT2D eigenvalue weighted by molar-refractivity contribution is 4.98. The molecule has 1 aliphatic heterocycles. The van der Waals surface area contributed by atoms with Gasteiger partial charge in [0.15, 0.2) is 0 Å². The number of nitrogens with two attached hydrogens (primary N) is 1. The maximum absolute atomic E-state index is 5.87. The molecule has 0 aromatic carbocycles. The fraction of sp³-hybridized carbons (Fsp3) is 0.818. The van der Waals surface area contributed by atoms with Gasteiger partial charge in [0.05, 0.1) is 6.54 Å². The summed E-state index contributed by atoms with van der Waals surface area (Å²) < 4.78 is 0. The SMILES string of the molecule is CC#CCN1CCC(C(C)N)CC1. The predicted octanol–water partition coefficient (Wildman–Crippen LogP) is 1.07. The lowest BCUT2D eigenvalue weighted by Gasteiger charge is -2.32. The first-order valence-electron chi connectivity index (χ1n) is 5.11. The van der Waals surface area contributed by atoms with Gasteiger partial charge in [0.1, 0.15) is 0 Å². The zero-order chi connectivity index (χ0) is 9.68. The third kappa shape index (κ3) is 3.38. The summed E-state index contributed by atoms with van der Waals surface area (Å²) in [6, 6.07) is 0.361. The van der Waals surface area contributed by atoms with Crippen LogP contribution in [0.1, 0.15) is 26.7 Å². The molecule has 1 atom stereocenters. The molecule has 13 heavy (non-hydrogen) atoms. The van der Waals surface area contributed by atoms with E-state index < -0.39 is 0 Å². The van der Waals surface area contributed by atoms with E-state index in [1.54, 1.807) is 0 Å². The van der Waals surface area contributed by atoms with Gasteiger partial charge < -0.3 is 5.73 Å². The molecule has 0 bridgehead atoms. The molecule has 0 aromatic rings. The first kappa shape index (κ1) is 10.6. The second-order valence-electron chi connectivity index (χ2n) is 3.90. The highest BCUT2D eigenvalue weighted by Crippen LogP contribution is 2.18. The molecule has 1 saturated heterocycles. The van der Waals surface area contributed by atoms with Crippen LogP contribution in [0.25, 0.3) is 0 Å². The second-order valence-corrected chi connectivity index (χ2v) is 3.90. The van der Waals surface area contributed by atoms with E-state index in [1.807, 2.05) is 6.92 Å². The fourth-order valence-electron chi connectivity index (χ4n) is 1.83. The van der Waals surface area contributed by atoms with Crippen LogP contribution in [-0.4, -0.2) is 30.6 Å². The standard InChI is InChI=1S/C11H20N2/c1-3-4-7-13-8-5-11(6-9-13)10(2)12/h10-11H,5-9,12H2,1-2H3. The molecular formula is C11H20N2.